The zero-order valence-corrected chi connectivity index (χ0v) is 24.3. The van der Waals surface area contributed by atoms with E-state index < -0.39 is 0 Å². The van der Waals surface area contributed by atoms with Gasteiger partial charge in [-0.15, -0.1) is 0 Å². The molecule has 5 atom stereocenters. The second-order valence-corrected chi connectivity index (χ2v) is 11.6. The van der Waals surface area contributed by atoms with Crippen LogP contribution >= 0.6 is 0 Å². The average Bonchev–Trinajstić information content (AvgIpc) is 3.02. The summed E-state index contributed by atoms with van der Waals surface area (Å²) in [6.07, 6.45) is 0. The molecule has 0 saturated heterocycles. The number of hydrogen-bond donors (Lipinski definition) is 0. The second kappa shape index (κ2) is 13.0. The maximum absolute atomic E-state index is 2.44. The molecule has 0 spiro atoms. The summed E-state index contributed by atoms with van der Waals surface area (Å²) in [5.74, 6) is 2.01. The average molecular weight is 523 g/mol. The van der Waals surface area contributed by atoms with Gasteiger partial charge in [0.2, 0.25) is 0 Å². The van der Waals surface area contributed by atoms with E-state index in [1.54, 1.807) is 0 Å². The Balaban J connectivity index is 1.72. The first-order chi connectivity index (χ1) is 19.5. The van der Waals surface area contributed by atoms with Crippen molar-refractivity contribution in [3.63, 3.8) is 0 Å². The van der Waals surface area contributed by atoms with Crippen LogP contribution in [0.25, 0.3) is 0 Å². The summed E-state index contributed by atoms with van der Waals surface area (Å²) in [5.41, 5.74) is 8.38. The van der Waals surface area contributed by atoms with Crippen LogP contribution in [0.5, 0.6) is 0 Å². The Labute approximate surface area is 241 Å². The van der Waals surface area contributed by atoms with E-state index in [1.165, 1.54) is 33.4 Å². The van der Waals surface area contributed by atoms with Crippen LogP contribution in [0.1, 0.15) is 96.6 Å². The highest BCUT2D eigenvalue weighted by atomic mass is 14.4. The van der Waals surface area contributed by atoms with Crippen LogP contribution < -0.4 is 0 Å². The molecule has 0 radical (unpaired) electrons. The van der Waals surface area contributed by atoms with Crippen molar-refractivity contribution in [3.05, 3.63) is 179 Å². The number of benzene rings is 5. The van der Waals surface area contributed by atoms with Crippen molar-refractivity contribution >= 4 is 0 Å². The predicted molar refractivity (Wildman–Crippen MR) is 171 cm³/mol. The molecule has 0 aromatic heterocycles. The van der Waals surface area contributed by atoms with Crippen LogP contribution in [0.2, 0.25) is 0 Å². The Morgan fingerprint density at radius 1 is 0.275 bits per heavy atom. The van der Waals surface area contributed by atoms with E-state index in [1.807, 2.05) is 0 Å². The molecule has 0 fully saturated rings. The zero-order valence-electron chi connectivity index (χ0n) is 24.3. The second-order valence-electron chi connectivity index (χ2n) is 11.6. The van der Waals surface area contributed by atoms with Gasteiger partial charge >= 0.3 is 0 Å². The Morgan fingerprint density at radius 2 is 0.550 bits per heavy atom. The minimum absolute atomic E-state index is 0.265. The normalized spacial score (nSPS) is 15.2. The van der Waals surface area contributed by atoms with Gasteiger partial charge in [-0.05, 0) is 68.9 Å². The molecule has 5 rings (SSSR count). The van der Waals surface area contributed by atoms with E-state index in [4.69, 9.17) is 0 Å². The summed E-state index contributed by atoms with van der Waals surface area (Å²) >= 11 is 0. The summed E-state index contributed by atoms with van der Waals surface area (Å²) in [4.78, 5) is 0. The monoisotopic (exact) mass is 522 g/mol. The fourth-order valence-electron chi connectivity index (χ4n) is 6.63. The summed E-state index contributed by atoms with van der Waals surface area (Å²) in [6.45, 7) is 9.40. The molecule has 0 saturated carbocycles. The van der Waals surface area contributed by atoms with E-state index in [-0.39, 0.29) is 17.8 Å². The van der Waals surface area contributed by atoms with Gasteiger partial charge in [0.15, 0.2) is 0 Å². The molecule has 0 bridgehead atoms. The fraction of sp³-hybridized carbons (Fsp3) is 0.250. The highest BCUT2D eigenvalue weighted by Gasteiger charge is 2.39. The van der Waals surface area contributed by atoms with Crippen LogP contribution in [0.3, 0.4) is 0 Å². The third kappa shape index (κ3) is 6.13. The highest BCUT2D eigenvalue weighted by Crippen LogP contribution is 2.54. The quantitative estimate of drug-likeness (QED) is 0.171. The van der Waals surface area contributed by atoms with Crippen LogP contribution in [0, 0.1) is 0 Å². The molecule has 40 heavy (non-hydrogen) atoms. The molecule has 202 valence electrons. The fourth-order valence-corrected chi connectivity index (χ4v) is 6.63. The SMILES string of the molecule is CC(C)c1ccc(C(C)C(c2ccccc2)C(c2ccccc2)C(c2ccccc2)C(C)c2ccccc2)cc1. The van der Waals surface area contributed by atoms with Gasteiger partial charge in [-0.3, -0.25) is 0 Å². The molecular weight excluding hydrogens is 480 g/mol. The maximum Gasteiger partial charge on any atom is -0.00127 e. The lowest BCUT2D eigenvalue weighted by Gasteiger charge is -2.41. The van der Waals surface area contributed by atoms with E-state index in [2.05, 4.69) is 173 Å². The Bertz CT molecular complexity index is 1420. The van der Waals surface area contributed by atoms with Gasteiger partial charge in [0.05, 0.1) is 0 Å². The van der Waals surface area contributed by atoms with Crippen LogP contribution in [-0.2, 0) is 0 Å². The zero-order chi connectivity index (χ0) is 27.9. The van der Waals surface area contributed by atoms with Crippen molar-refractivity contribution in [1.82, 2.24) is 0 Å². The predicted octanol–water partition coefficient (Wildman–Crippen LogP) is 11.1. The van der Waals surface area contributed by atoms with Gasteiger partial charge < -0.3 is 0 Å². The Kier molecular flexibility index (Phi) is 8.97. The lowest BCUT2D eigenvalue weighted by Crippen LogP contribution is -2.26. The van der Waals surface area contributed by atoms with Crippen LogP contribution in [0.4, 0.5) is 0 Å². The summed E-state index contributed by atoms with van der Waals surface area (Å²) in [7, 11) is 0. The van der Waals surface area contributed by atoms with Gasteiger partial charge in [-0.1, -0.05) is 173 Å². The van der Waals surface area contributed by atoms with E-state index in [9.17, 15) is 0 Å². The van der Waals surface area contributed by atoms with Gasteiger partial charge in [-0.2, -0.15) is 0 Å². The highest BCUT2D eigenvalue weighted by molar-refractivity contribution is 5.41. The smallest absolute Gasteiger partial charge is 0.00127 e. The molecular formula is C40H42. The van der Waals surface area contributed by atoms with Crippen molar-refractivity contribution in [2.45, 2.75) is 63.2 Å². The molecule has 0 heterocycles. The van der Waals surface area contributed by atoms with Crippen molar-refractivity contribution in [2.75, 3.05) is 0 Å². The van der Waals surface area contributed by atoms with Crippen molar-refractivity contribution in [2.24, 2.45) is 0 Å². The van der Waals surface area contributed by atoms with Crippen LogP contribution in [-0.4, -0.2) is 0 Å². The molecule has 0 aliphatic heterocycles. The molecule has 0 nitrogen and oxygen atoms in total. The summed E-state index contributed by atoms with van der Waals surface area (Å²) in [5, 5.41) is 0. The molecule has 0 aliphatic rings. The lowest BCUT2D eigenvalue weighted by molar-refractivity contribution is 0.376. The number of rotatable bonds is 10. The first-order valence-electron chi connectivity index (χ1n) is 14.8. The first-order valence-corrected chi connectivity index (χ1v) is 14.8. The molecule has 0 amide bonds. The summed E-state index contributed by atoms with van der Waals surface area (Å²) in [6, 6.07) is 54.2. The van der Waals surface area contributed by atoms with Crippen molar-refractivity contribution in [1.29, 1.82) is 0 Å². The van der Waals surface area contributed by atoms with Gasteiger partial charge in [-0.25, -0.2) is 0 Å². The largest absolute Gasteiger partial charge is 0.0622 e. The van der Waals surface area contributed by atoms with E-state index >= 15 is 0 Å². The maximum atomic E-state index is 2.44. The Morgan fingerprint density at radius 3 is 0.900 bits per heavy atom. The molecule has 0 aliphatic carbocycles. The minimum atomic E-state index is 0.265. The topological polar surface area (TPSA) is 0 Å². The van der Waals surface area contributed by atoms with Gasteiger partial charge in [0, 0.05) is 0 Å². The van der Waals surface area contributed by atoms with E-state index in [0.29, 0.717) is 17.8 Å². The number of hydrogen-bond acceptors (Lipinski definition) is 0. The van der Waals surface area contributed by atoms with Crippen molar-refractivity contribution < 1.29 is 0 Å². The molecule has 0 heteroatoms. The molecule has 5 aromatic carbocycles. The van der Waals surface area contributed by atoms with Gasteiger partial charge in [0.1, 0.15) is 0 Å². The molecule has 5 aromatic rings. The molecule has 5 unspecified atom stereocenters. The lowest BCUT2D eigenvalue weighted by atomic mass is 9.62. The third-order valence-electron chi connectivity index (χ3n) is 8.86. The van der Waals surface area contributed by atoms with Crippen LogP contribution in [0.15, 0.2) is 146 Å². The standard InChI is InChI=1S/C40H42/c1-29(2)32-25-27-34(28-26-32)31(4)39(36-21-13-7-14-22-36)40(37-23-15-8-16-24-37)38(35-19-11-6-12-20-35)30(3)33-17-9-5-10-18-33/h5-31,38-40H,1-4H3. The van der Waals surface area contributed by atoms with Gasteiger partial charge in [0.25, 0.3) is 0 Å². The molecule has 0 N–H and O–H groups in total. The first kappa shape index (κ1) is 27.7. The van der Waals surface area contributed by atoms with E-state index in [0.717, 1.165) is 0 Å². The minimum Gasteiger partial charge on any atom is -0.0622 e. The van der Waals surface area contributed by atoms with Crippen molar-refractivity contribution in [3.8, 4) is 0 Å². The Hall–Kier alpha value is -3.90. The summed E-state index contributed by atoms with van der Waals surface area (Å²) < 4.78 is 0. The third-order valence-corrected chi connectivity index (χ3v) is 8.86.